The lowest BCUT2D eigenvalue weighted by atomic mass is 9.78. The van der Waals surface area contributed by atoms with Crippen molar-refractivity contribution in [2.45, 2.75) is 19.3 Å². The van der Waals surface area contributed by atoms with Crippen molar-refractivity contribution in [3.8, 4) is 33.4 Å². The van der Waals surface area contributed by atoms with Crippen LogP contribution in [0.3, 0.4) is 0 Å². The molecule has 0 fully saturated rings. The first-order valence-electron chi connectivity index (χ1n) is 19.1. The molecule has 0 saturated heterocycles. The van der Waals surface area contributed by atoms with Crippen molar-refractivity contribution < 1.29 is 0 Å². The van der Waals surface area contributed by atoms with Crippen molar-refractivity contribution >= 4 is 70.1 Å². The van der Waals surface area contributed by atoms with Gasteiger partial charge in [0.25, 0.3) is 0 Å². The maximum absolute atomic E-state index is 2.51. The summed E-state index contributed by atoms with van der Waals surface area (Å²) < 4.78 is 2.62. The normalized spacial score (nSPS) is 13.1. The number of thiophene rings is 1. The van der Waals surface area contributed by atoms with Gasteiger partial charge in [-0.2, -0.15) is 0 Å². The van der Waals surface area contributed by atoms with Crippen LogP contribution in [0.1, 0.15) is 25.0 Å². The van der Waals surface area contributed by atoms with Crippen molar-refractivity contribution in [1.82, 2.24) is 0 Å². The highest BCUT2D eigenvalue weighted by Crippen LogP contribution is 2.54. The van der Waals surface area contributed by atoms with Crippen molar-refractivity contribution in [1.29, 1.82) is 0 Å². The summed E-state index contributed by atoms with van der Waals surface area (Å²) in [7, 11) is 0. The molecule has 0 bridgehead atoms. The largest absolute Gasteiger partial charge is 0.310 e. The summed E-state index contributed by atoms with van der Waals surface area (Å²) in [4.78, 5) is 2.51. The lowest BCUT2D eigenvalue weighted by molar-refractivity contribution is 0.662. The van der Waals surface area contributed by atoms with E-state index < -0.39 is 0 Å². The maximum atomic E-state index is 2.51. The highest BCUT2D eigenvalue weighted by Gasteiger charge is 2.38. The number of fused-ring (bicyclic) bond motifs is 9. The zero-order valence-electron chi connectivity index (χ0n) is 30.8. The van der Waals surface area contributed by atoms with Crippen LogP contribution in [0.5, 0.6) is 0 Å². The molecule has 0 radical (unpaired) electrons. The molecule has 0 aliphatic heterocycles. The number of benzene rings is 9. The van der Waals surface area contributed by atoms with Crippen LogP contribution < -0.4 is 4.90 Å². The van der Waals surface area contributed by atoms with E-state index in [1.54, 1.807) is 0 Å². The summed E-state index contributed by atoms with van der Waals surface area (Å²) in [5.41, 5.74) is 13.8. The topological polar surface area (TPSA) is 3.24 Å². The number of anilines is 3. The lowest BCUT2D eigenvalue weighted by Gasteiger charge is -2.30. The Balaban J connectivity index is 1.16. The van der Waals surface area contributed by atoms with E-state index in [-0.39, 0.29) is 5.41 Å². The molecule has 2 heteroatoms. The monoisotopic (exact) mass is 719 g/mol. The molecule has 1 aliphatic rings. The Kier molecular flexibility index (Phi) is 7.14. The Morgan fingerprint density at radius 3 is 1.82 bits per heavy atom. The first kappa shape index (κ1) is 32.0. The van der Waals surface area contributed by atoms with E-state index in [1.165, 1.54) is 91.9 Å². The Morgan fingerprint density at radius 2 is 1.02 bits per heavy atom. The molecule has 1 nitrogen and oxygen atoms in total. The average molecular weight is 720 g/mol. The minimum Gasteiger partial charge on any atom is -0.310 e. The maximum Gasteiger partial charge on any atom is 0.0546 e. The zero-order chi connectivity index (χ0) is 36.7. The fourth-order valence-electron chi connectivity index (χ4n) is 9.28. The third kappa shape index (κ3) is 4.92. The van der Waals surface area contributed by atoms with E-state index in [9.17, 15) is 0 Å². The zero-order valence-corrected chi connectivity index (χ0v) is 31.6. The lowest BCUT2D eigenvalue weighted by Crippen LogP contribution is -2.17. The molecule has 260 valence electrons. The summed E-state index contributed by atoms with van der Waals surface area (Å²) in [6.07, 6.45) is 0. The van der Waals surface area contributed by atoms with Gasteiger partial charge in [-0.3, -0.25) is 0 Å². The Labute approximate surface area is 325 Å². The van der Waals surface area contributed by atoms with E-state index in [2.05, 4.69) is 207 Å². The minimum absolute atomic E-state index is 0.203. The molecule has 0 atom stereocenters. The second kappa shape index (κ2) is 12.3. The first-order valence-corrected chi connectivity index (χ1v) is 19.9. The molecule has 55 heavy (non-hydrogen) atoms. The van der Waals surface area contributed by atoms with E-state index >= 15 is 0 Å². The van der Waals surface area contributed by atoms with Crippen LogP contribution in [0, 0.1) is 0 Å². The predicted molar refractivity (Wildman–Crippen MR) is 237 cm³/mol. The molecule has 1 heterocycles. The fourth-order valence-corrected chi connectivity index (χ4v) is 10.5. The Bertz CT molecular complexity index is 3120. The molecular formula is C53H37NS. The van der Waals surface area contributed by atoms with Crippen molar-refractivity contribution in [3.05, 3.63) is 199 Å². The first-order chi connectivity index (χ1) is 27.0. The SMILES string of the molecule is CC1(C)c2cc(N(c3ccc4sc5c(-c6ccccc6)cccc5c4c3)c3cc4ccccc4c4ccccc34)ccc2-c2cccc(-c3ccccc3)c21. The van der Waals surface area contributed by atoms with Crippen molar-refractivity contribution in [3.63, 3.8) is 0 Å². The summed E-state index contributed by atoms with van der Waals surface area (Å²) in [5.74, 6) is 0. The number of hydrogen-bond donors (Lipinski definition) is 0. The quantitative estimate of drug-likeness (QED) is 0.160. The molecule has 0 unspecified atom stereocenters. The predicted octanol–water partition coefficient (Wildman–Crippen LogP) is 15.5. The summed E-state index contributed by atoms with van der Waals surface area (Å²) in [5, 5.41) is 7.58. The van der Waals surface area contributed by atoms with Gasteiger partial charge < -0.3 is 4.90 Å². The minimum atomic E-state index is -0.203. The van der Waals surface area contributed by atoms with Crippen LogP contribution in [0.25, 0.3) is 75.1 Å². The van der Waals surface area contributed by atoms with Gasteiger partial charge in [0, 0.05) is 42.3 Å². The second-order valence-electron chi connectivity index (χ2n) is 15.3. The molecule has 0 N–H and O–H groups in total. The van der Waals surface area contributed by atoms with Gasteiger partial charge in [-0.25, -0.2) is 0 Å². The van der Waals surface area contributed by atoms with Gasteiger partial charge in [-0.05, 0) is 97.1 Å². The highest BCUT2D eigenvalue weighted by molar-refractivity contribution is 7.26. The molecule has 11 rings (SSSR count). The third-order valence-corrected chi connectivity index (χ3v) is 13.0. The molecule has 10 aromatic rings. The Hall–Kier alpha value is -6.48. The molecule has 1 aliphatic carbocycles. The van der Waals surface area contributed by atoms with Gasteiger partial charge in [0.2, 0.25) is 0 Å². The molecule has 0 amide bonds. The summed E-state index contributed by atoms with van der Waals surface area (Å²) in [6.45, 7) is 4.80. The van der Waals surface area contributed by atoms with Crippen molar-refractivity contribution in [2.75, 3.05) is 4.90 Å². The molecule has 9 aromatic carbocycles. The second-order valence-corrected chi connectivity index (χ2v) is 16.3. The van der Waals surface area contributed by atoms with Gasteiger partial charge in [0.15, 0.2) is 0 Å². The number of nitrogens with zero attached hydrogens (tertiary/aromatic N) is 1. The van der Waals surface area contributed by atoms with Crippen LogP contribution in [0.15, 0.2) is 188 Å². The van der Waals surface area contributed by atoms with Gasteiger partial charge >= 0.3 is 0 Å². The van der Waals surface area contributed by atoms with Crippen LogP contribution in [-0.4, -0.2) is 0 Å². The fraction of sp³-hybridized carbons (Fsp3) is 0.0566. The molecule has 1 aromatic heterocycles. The number of hydrogen-bond acceptors (Lipinski definition) is 2. The van der Waals surface area contributed by atoms with E-state index in [1.807, 2.05) is 11.3 Å². The van der Waals surface area contributed by atoms with E-state index in [0.29, 0.717) is 0 Å². The molecule has 0 spiro atoms. The summed E-state index contributed by atoms with van der Waals surface area (Å²) in [6, 6.07) is 69.6. The average Bonchev–Trinajstić information content (AvgIpc) is 3.73. The van der Waals surface area contributed by atoms with Crippen LogP contribution in [0.2, 0.25) is 0 Å². The molecular weight excluding hydrogens is 683 g/mol. The van der Waals surface area contributed by atoms with Gasteiger partial charge in [0.05, 0.1) is 5.69 Å². The third-order valence-electron chi connectivity index (χ3n) is 11.8. The van der Waals surface area contributed by atoms with Gasteiger partial charge in [-0.1, -0.05) is 166 Å². The van der Waals surface area contributed by atoms with E-state index in [0.717, 1.165) is 11.4 Å². The Morgan fingerprint density at radius 1 is 0.418 bits per heavy atom. The highest BCUT2D eigenvalue weighted by atomic mass is 32.1. The standard InChI is InChI=1S/C53H37NS/c1-53(2)48-33-38(27-29-43(48)45-25-13-23-40(51(45)53)34-15-5-3-6-16-34)54(49-31-36-19-9-10-20-39(36)42-21-11-12-22-44(42)49)37-28-30-50-47(32-37)46-26-14-24-41(52(46)55-50)35-17-7-4-8-18-35/h3-33H,1-2H3. The van der Waals surface area contributed by atoms with Crippen molar-refractivity contribution in [2.24, 2.45) is 0 Å². The summed E-state index contributed by atoms with van der Waals surface area (Å²) >= 11 is 1.89. The van der Waals surface area contributed by atoms with Gasteiger partial charge in [-0.15, -0.1) is 11.3 Å². The van der Waals surface area contributed by atoms with Crippen LogP contribution in [0.4, 0.5) is 17.1 Å². The van der Waals surface area contributed by atoms with E-state index in [4.69, 9.17) is 0 Å². The van der Waals surface area contributed by atoms with Crippen LogP contribution in [-0.2, 0) is 5.41 Å². The molecule has 0 saturated carbocycles. The smallest absolute Gasteiger partial charge is 0.0546 e. The van der Waals surface area contributed by atoms with Gasteiger partial charge in [0.1, 0.15) is 0 Å². The number of rotatable bonds is 5. The van der Waals surface area contributed by atoms with Crippen LogP contribution >= 0.6 is 11.3 Å².